The SMILES string of the molecule is COc1cccc(NC(=O)C(C)Sc2nnc(-c3ccccc3OC)n2CCc2ccccc2)c1. The molecule has 1 amide bonds. The van der Waals surface area contributed by atoms with Crippen molar-refractivity contribution in [3.05, 3.63) is 84.4 Å². The lowest BCUT2D eigenvalue weighted by atomic mass is 10.1. The topological polar surface area (TPSA) is 78.3 Å². The first-order valence-electron chi connectivity index (χ1n) is 11.3. The summed E-state index contributed by atoms with van der Waals surface area (Å²) in [6.45, 7) is 2.52. The van der Waals surface area contributed by atoms with E-state index in [0.29, 0.717) is 29.0 Å². The van der Waals surface area contributed by atoms with Crippen molar-refractivity contribution in [1.82, 2.24) is 14.8 Å². The van der Waals surface area contributed by atoms with E-state index in [-0.39, 0.29) is 5.91 Å². The average molecular weight is 489 g/mol. The smallest absolute Gasteiger partial charge is 0.237 e. The molecule has 4 aromatic rings. The van der Waals surface area contributed by atoms with Gasteiger partial charge in [-0.2, -0.15) is 0 Å². The minimum Gasteiger partial charge on any atom is -0.497 e. The number of ether oxygens (including phenoxy) is 2. The van der Waals surface area contributed by atoms with Crippen LogP contribution >= 0.6 is 11.8 Å². The Morgan fingerprint density at radius 2 is 1.74 bits per heavy atom. The highest BCUT2D eigenvalue weighted by molar-refractivity contribution is 8.00. The van der Waals surface area contributed by atoms with Crippen molar-refractivity contribution in [2.75, 3.05) is 19.5 Å². The third-order valence-electron chi connectivity index (χ3n) is 5.52. The Balaban J connectivity index is 1.58. The molecule has 0 spiro atoms. The quantitative estimate of drug-likeness (QED) is 0.304. The Hall–Kier alpha value is -3.78. The van der Waals surface area contributed by atoms with Gasteiger partial charge in [0.2, 0.25) is 5.91 Å². The Kier molecular flexibility index (Phi) is 8.05. The molecule has 0 aliphatic rings. The number of benzene rings is 3. The molecular weight excluding hydrogens is 460 g/mol. The molecule has 1 unspecified atom stereocenters. The van der Waals surface area contributed by atoms with Gasteiger partial charge in [0.1, 0.15) is 11.5 Å². The number of para-hydroxylation sites is 1. The molecule has 0 aliphatic carbocycles. The van der Waals surface area contributed by atoms with Crippen molar-refractivity contribution < 1.29 is 14.3 Å². The minimum absolute atomic E-state index is 0.125. The predicted octanol–water partition coefficient (Wildman–Crippen LogP) is 5.32. The number of methoxy groups -OCH3 is 2. The van der Waals surface area contributed by atoms with Gasteiger partial charge in [-0.25, -0.2) is 0 Å². The van der Waals surface area contributed by atoms with Gasteiger partial charge in [0, 0.05) is 18.3 Å². The minimum atomic E-state index is -0.397. The molecule has 1 N–H and O–H groups in total. The zero-order valence-electron chi connectivity index (χ0n) is 20.0. The van der Waals surface area contributed by atoms with Crippen molar-refractivity contribution in [3.8, 4) is 22.9 Å². The monoisotopic (exact) mass is 488 g/mol. The van der Waals surface area contributed by atoms with Gasteiger partial charge in [0.15, 0.2) is 11.0 Å². The molecule has 8 heteroatoms. The number of nitrogens with one attached hydrogen (secondary N) is 1. The molecule has 0 saturated heterocycles. The van der Waals surface area contributed by atoms with Crippen molar-refractivity contribution in [2.45, 2.75) is 30.3 Å². The van der Waals surface area contributed by atoms with E-state index < -0.39 is 5.25 Å². The molecule has 4 rings (SSSR count). The van der Waals surface area contributed by atoms with Crippen LogP contribution in [0.5, 0.6) is 11.5 Å². The van der Waals surface area contributed by atoms with Crippen LogP contribution in [-0.2, 0) is 17.8 Å². The van der Waals surface area contributed by atoms with Crippen LogP contribution in [0.3, 0.4) is 0 Å². The molecular formula is C27H28N4O3S. The molecule has 1 heterocycles. The Labute approximate surface area is 209 Å². The van der Waals surface area contributed by atoms with Crippen LogP contribution in [0.25, 0.3) is 11.4 Å². The highest BCUT2D eigenvalue weighted by Gasteiger charge is 2.22. The van der Waals surface area contributed by atoms with Crippen molar-refractivity contribution in [3.63, 3.8) is 0 Å². The van der Waals surface area contributed by atoms with E-state index in [1.165, 1.54) is 17.3 Å². The molecule has 0 aliphatic heterocycles. The van der Waals surface area contributed by atoms with E-state index in [2.05, 4.69) is 32.2 Å². The third kappa shape index (κ3) is 6.02. The predicted molar refractivity (Wildman–Crippen MR) is 139 cm³/mol. The summed E-state index contributed by atoms with van der Waals surface area (Å²) in [5, 5.41) is 12.2. The third-order valence-corrected chi connectivity index (χ3v) is 6.60. The molecule has 35 heavy (non-hydrogen) atoms. The molecule has 1 aromatic heterocycles. The fourth-order valence-electron chi connectivity index (χ4n) is 3.65. The van der Waals surface area contributed by atoms with Crippen LogP contribution in [0, 0.1) is 0 Å². The summed E-state index contributed by atoms with van der Waals surface area (Å²) < 4.78 is 12.9. The zero-order chi connectivity index (χ0) is 24.6. The van der Waals surface area contributed by atoms with E-state index in [1.54, 1.807) is 20.3 Å². The molecule has 0 saturated carbocycles. The fraction of sp³-hybridized carbons (Fsp3) is 0.222. The zero-order valence-corrected chi connectivity index (χ0v) is 20.8. The Bertz CT molecular complexity index is 1280. The molecule has 180 valence electrons. The molecule has 0 bridgehead atoms. The lowest BCUT2D eigenvalue weighted by Crippen LogP contribution is -2.23. The summed E-state index contributed by atoms with van der Waals surface area (Å²) in [5.74, 6) is 1.99. The Morgan fingerprint density at radius 1 is 0.971 bits per heavy atom. The normalized spacial score (nSPS) is 11.6. The van der Waals surface area contributed by atoms with Crippen LogP contribution in [-0.4, -0.2) is 40.1 Å². The number of nitrogens with zero attached hydrogens (tertiary/aromatic N) is 3. The second-order valence-corrected chi connectivity index (χ2v) is 9.18. The van der Waals surface area contributed by atoms with Crippen LogP contribution in [0.1, 0.15) is 12.5 Å². The van der Waals surface area contributed by atoms with E-state index in [9.17, 15) is 4.79 Å². The first-order valence-corrected chi connectivity index (χ1v) is 12.2. The molecule has 1 atom stereocenters. The first-order chi connectivity index (χ1) is 17.1. The summed E-state index contributed by atoms with van der Waals surface area (Å²) in [7, 11) is 3.24. The van der Waals surface area contributed by atoms with Gasteiger partial charge in [-0.3, -0.25) is 4.79 Å². The maximum absolute atomic E-state index is 12.9. The van der Waals surface area contributed by atoms with Gasteiger partial charge < -0.3 is 19.4 Å². The number of hydrogen-bond donors (Lipinski definition) is 1. The number of thioether (sulfide) groups is 1. The summed E-state index contributed by atoms with van der Waals surface area (Å²) in [6.07, 6.45) is 0.805. The Morgan fingerprint density at radius 3 is 2.51 bits per heavy atom. The van der Waals surface area contributed by atoms with Crippen LogP contribution in [0.2, 0.25) is 0 Å². The summed E-state index contributed by atoms with van der Waals surface area (Å²) in [4.78, 5) is 12.9. The second kappa shape index (κ2) is 11.6. The van der Waals surface area contributed by atoms with Crippen molar-refractivity contribution in [1.29, 1.82) is 0 Å². The van der Waals surface area contributed by atoms with Gasteiger partial charge in [-0.15, -0.1) is 10.2 Å². The van der Waals surface area contributed by atoms with Gasteiger partial charge in [-0.05, 0) is 43.2 Å². The summed E-state index contributed by atoms with van der Waals surface area (Å²) >= 11 is 1.38. The highest BCUT2D eigenvalue weighted by atomic mass is 32.2. The van der Waals surface area contributed by atoms with Crippen molar-refractivity contribution in [2.24, 2.45) is 0 Å². The standard InChI is InChI=1S/C27H28N4O3S/c1-19(26(32)28-21-12-9-13-22(18-21)33-2)35-27-30-29-25(23-14-7-8-15-24(23)34-3)31(27)17-16-20-10-5-4-6-11-20/h4-15,18-19H,16-17H2,1-3H3,(H,28,32). The maximum atomic E-state index is 12.9. The molecule has 0 radical (unpaired) electrons. The number of amides is 1. The maximum Gasteiger partial charge on any atom is 0.237 e. The van der Waals surface area contributed by atoms with E-state index >= 15 is 0 Å². The van der Waals surface area contributed by atoms with Gasteiger partial charge in [-0.1, -0.05) is 60.3 Å². The number of carbonyl (C=O) groups excluding carboxylic acids is 1. The molecule has 7 nitrogen and oxygen atoms in total. The average Bonchev–Trinajstić information content (AvgIpc) is 3.29. The summed E-state index contributed by atoms with van der Waals surface area (Å²) in [6, 6.07) is 25.3. The fourth-order valence-corrected chi connectivity index (χ4v) is 4.52. The number of hydrogen-bond acceptors (Lipinski definition) is 6. The van der Waals surface area contributed by atoms with Crippen LogP contribution < -0.4 is 14.8 Å². The van der Waals surface area contributed by atoms with Gasteiger partial charge >= 0.3 is 0 Å². The lowest BCUT2D eigenvalue weighted by molar-refractivity contribution is -0.115. The number of aromatic nitrogens is 3. The van der Waals surface area contributed by atoms with Gasteiger partial charge in [0.05, 0.1) is 25.0 Å². The second-order valence-electron chi connectivity index (χ2n) is 7.87. The first kappa shape index (κ1) is 24.3. The number of anilines is 1. The largest absolute Gasteiger partial charge is 0.497 e. The van der Waals surface area contributed by atoms with Crippen LogP contribution in [0.4, 0.5) is 5.69 Å². The van der Waals surface area contributed by atoms with Crippen LogP contribution in [0.15, 0.2) is 84.0 Å². The number of rotatable bonds is 10. The van der Waals surface area contributed by atoms with Crippen molar-refractivity contribution >= 4 is 23.4 Å². The molecule has 0 fully saturated rings. The van der Waals surface area contributed by atoms with E-state index in [4.69, 9.17) is 9.47 Å². The number of carbonyl (C=O) groups is 1. The van der Waals surface area contributed by atoms with E-state index in [1.807, 2.05) is 67.6 Å². The molecule has 3 aromatic carbocycles. The summed E-state index contributed by atoms with van der Waals surface area (Å²) in [5.41, 5.74) is 2.75. The highest BCUT2D eigenvalue weighted by Crippen LogP contribution is 2.32. The lowest BCUT2D eigenvalue weighted by Gasteiger charge is -2.15. The van der Waals surface area contributed by atoms with Gasteiger partial charge in [0.25, 0.3) is 0 Å². The van der Waals surface area contributed by atoms with E-state index in [0.717, 1.165) is 17.7 Å². The number of aryl methyl sites for hydroxylation is 1.